The molecule has 2 unspecified atom stereocenters. The quantitative estimate of drug-likeness (QED) is 0.825. The second kappa shape index (κ2) is 7.56. The zero-order valence-electron chi connectivity index (χ0n) is 13.0. The Balaban J connectivity index is 1.99. The minimum absolute atomic E-state index is 0.0405. The van der Waals surface area contributed by atoms with Crippen LogP contribution in [-0.2, 0) is 18.3 Å². The lowest BCUT2D eigenvalue weighted by molar-refractivity contribution is -0.123. The highest BCUT2D eigenvalue weighted by Crippen LogP contribution is 2.18. The van der Waals surface area contributed by atoms with Crippen molar-refractivity contribution in [1.29, 1.82) is 0 Å². The number of carbonyl (C=O) groups is 1. The number of aromatic nitrogens is 2. The monoisotopic (exact) mass is 364 g/mol. The van der Waals surface area contributed by atoms with Crippen molar-refractivity contribution >= 4 is 21.8 Å². The van der Waals surface area contributed by atoms with Crippen LogP contribution in [-0.4, -0.2) is 28.8 Å². The summed E-state index contributed by atoms with van der Waals surface area (Å²) in [4.78, 5) is 12.4. The second-order valence-corrected chi connectivity index (χ2v) is 6.23. The van der Waals surface area contributed by atoms with E-state index in [1.165, 1.54) is 5.56 Å². The van der Waals surface area contributed by atoms with Crippen LogP contribution in [0.15, 0.2) is 41.1 Å². The molecule has 1 aromatic carbocycles. The molecule has 2 rings (SSSR count). The van der Waals surface area contributed by atoms with Crippen LogP contribution in [0.4, 0.5) is 0 Å². The Kier molecular flexibility index (Phi) is 5.74. The number of amides is 1. The molecule has 0 aliphatic carbocycles. The lowest BCUT2D eigenvalue weighted by atomic mass is 10.1. The van der Waals surface area contributed by atoms with E-state index in [2.05, 4.69) is 37.7 Å². The van der Waals surface area contributed by atoms with Gasteiger partial charge in [0.15, 0.2) is 0 Å². The van der Waals surface area contributed by atoms with Gasteiger partial charge in [-0.1, -0.05) is 34.1 Å². The van der Waals surface area contributed by atoms with Crippen molar-refractivity contribution in [3.63, 3.8) is 0 Å². The van der Waals surface area contributed by atoms with Crippen LogP contribution in [0, 0.1) is 0 Å². The van der Waals surface area contributed by atoms with Gasteiger partial charge in [0.2, 0.25) is 5.91 Å². The van der Waals surface area contributed by atoms with Gasteiger partial charge in [0, 0.05) is 29.3 Å². The number of rotatable bonds is 6. The predicted octanol–water partition coefficient (Wildman–Crippen LogP) is 2.19. The molecule has 6 heteroatoms. The standard InChI is InChI=1S/C16H21BrN4O/c1-11(8-12-6-4-5-7-14(12)17)20-16(22)15(18-2)13-9-19-21(3)10-13/h4-7,9-11,15,18H,8H2,1-3H3,(H,20,22). The topological polar surface area (TPSA) is 59.0 Å². The summed E-state index contributed by atoms with van der Waals surface area (Å²) in [5, 5.41) is 10.2. The number of nitrogens with zero attached hydrogens (tertiary/aromatic N) is 2. The van der Waals surface area contributed by atoms with Crippen LogP contribution in [0.5, 0.6) is 0 Å². The number of nitrogens with one attached hydrogen (secondary N) is 2. The highest BCUT2D eigenvalue weighted by molar-refractivity contribution is 9.10. The van der Waals surface area contributed by atoms with Gasteiger partial charge in [0.25, 0.3) is 0 Å². The second-order valence-electron chi connectivity index (χ2n) is 5.37. The number of hydrogen-bond donors (Lipinski definition) is 2. The largest absolute Gasteiger partial charge is 0.352 e. The summed E-state index contributed by atoms with van der Waals surface area (Å²) in [6.07, 6.45) is 4.33. The molecule has 118 valence electrons. The molecule has 0 radical (unpaired) electrons. The first-order chi connectivity index (χ1) is 10.5. The summed E-state index contributed by atoms with van der Waals surface area (Å²) in [5.41, 5.74) is 2.04. The summed E-state index contributed by atoms with van der Waals surface area (Å²) < 4.78 is 2.76. The third-order valence-electron chi connectivity index (χ3n) is 3.48. The Morgan fingerprint density at radius 1 is 1.41 bits per heavy atom. The van der Waals surface area contributed by atoms with Crippen molar-refractivity contribution in [2.75, 3.05) is 7.05 Å². The molecule has 22 heavy (non-hydrogen) atoms. The minimum atomic E-state index is -0.393. The van der Waals surface area contributed by atoms with E-state index in [9.17, 15) is 4.79 Å². The smallest absolute Gasteiger partial charge is 0.242 e. The fourth-order valence-electron chi connectivity index (χ4n) is 2.41. The molecule has 0 aliphatic rings. The molecular weight excluding hydrogens is 344 g/mol. The van der Waals surface area contributed by atoms with Gasteiger partial charge >= 0.3 is 0 Å². The maximum Gasteiger partial charge on any atom is 0.242 e. The van der Waals surface area contributed by atoms with E-state index in [-0.39, 0.29) is 11.9 Å². The highest BCUT2D eigenvalue weighted by Gasteiger charge is 2.21. The molecule has 1 heterocycles. The maximum absolute atomic E-state index is 12.4. The van der Waals surface area contributed by atoms with E-state index in [1.807, 2.05) is 38.4 Å². The molecule has 0 fully saturated rings. The van der Waals surface area contributed by atoms with Crippen LogP contribution in [0.25, 0.3) is 0 Å². The Hall–Kier alpha value is -1.66. The van der Waals surface area contributed by atoms with Gasteiger partial charge in [-0.25, -0.2) is 0 Å². The molecule has 2 aromatic rings. The van der Waals surface area contributed by atoms with Crippen LogP contribution in [0.3, 0.4) is 0 Å². The molecule has 1 aromatic heterocycles. The van der Waals surface area contributed by atoms with Gasteiger partial charge < -0.3 is 10.6 Å². The van der Waals surface area contributed by atoms with Crippen LogP contribution >= 0.6 is 15.9 Å². The SMILES string of the molecule is CNC(C(=O)NC(C)Cc1ccccc1Br)c1cnn(C)c1. The fourth-order valence-corrected chi connectivity index (χ4v) is 2.86. The summed E-state index contributed by atoms with van der Waals surface area (Å²) >= 11 is 3.54. The van der Waals surface area contributed by atoms with E-state index in [0.29, 0.717) is 0 Å². The molecule has 5 nitrogen and oxygen atoms in total. The van der Waals surface area contributed by atoms with Crippen molar-refractivity contribution in [3.05, 3.63) is 52.3 Å². The molecule has 0 spiro atoms. The van der Waals surface area contributed by atoms with Gasteiger partial charge in [-0.2, -0.15) is 5.10 Å². The first kappa shape index (κ1) is 16.7. The Morgan fingerprint density at radius 3 is 2.73 bits per heavy atom. The van der Waals surface area contributed by atoms with E-state index < -0.39 is 6.04 Å². The average Bonchev–Trinajstić information content (AvgIpc) is 2.88. The lowest BCUT2D eigenvalue weighted by Crippen LogP contribution is -2.41. The fraction of sp³-hybridized carbons (Fsp3) is 0.375. The van der Waals surface area contributed by atoms with Crippen LogP contribution in [0.2, 0.25) is 0 Å². The van der Waals surface area contributed by atoms with Crippen LogP contribution in [0.1, 0.15) is 24.1 Å². The Labute approximate surface area is 139 Å². The van der Waals surface area contributed by atoms with Gasteiger partial charge in [-0.3, -0.25) is 9.48 Å². The van der Waals surface area contributed by atoms with E-state index in [1.54, 1.807) is 17.9 Å². The summed E-state index contributed by atoms with van der Waals surface area (Å²) in [6, 6.07) is 7.70. The molecule has 0 saturated carbocycles. The average molecular weight is 365 g/mol. The molecule has 1 amide bonds. The molecule has 2 atom stereocenters. The van der Waals surface area contributed by atoms with E-state index in [0.717, 1.165) is 16.5 Å². The summed E-state index contributed by atoms with van der Waals surface area (Å²) in [5.74, 6) is -0.0462. The summed E-state index contributed by atoms with van der Waals surface area (Å²) in [7, 11) is 3.61. The van der Waals surface area contributed by atoms with Crippen molar-refractivity contribution < 1.29 is 4.79 Å². The minimum Gasteiger partial charge on any atom is -0.352 e. The zero-order valence-corrected chi connectivity index (χ0v) is 14.6. The first-order valence-electron chi connectivity index (χ1n) is 7.21. The highest BCUT2D eigenvalue weighted by atomic mass is 79.9. The molecule has 0 saturated heterocycles. The van der Waals surface area contributed by atoms with Crippen LogP contribution < -0.4 is 10.6 Å². The molecule has 0 aliphatic heterocycles. The number of halogens is 1. The lowest BCUT2D eigenvalue weighted by Gasteiger charge is -2.19. The third kappa shape index (κ3) is 4.18. The molecular formula is C16H21BrN4O. The van der Waals surface area contributed by atoms with E-state index >= 15 is 0 Å². The Bertz CT molecular complexity index is 641. The number of carbonyl (C=O) groups excluding carboxylic acids is 1. The number of benzene rings is 1. The summed E-state index contributed by atoms with van der Waals surface area (Å²) in [6.45, 7) is 2.01. The van der Waals surface area contributed by atoms with Gasteiger partial charge in [-0.05, 0) is 32.0 Å². The maximum atomic E-state index is 12.4. The van der Waals surface area contributed by atoms with Gasteiger partial charge in [0.1, 0.15) is 6.04 Å². The van der Waals surface area contributed by atoms with Gasteiger partial charge in [0.05, 0.1) is 6.20 Å². The van der Waals surface area contributed by atoms with Crippen molar-refractivity contribution in [1.82, 2.24) is 20.4 Å². The van der Waals surface area contributed by atoms with Crippen molar-refractivity contribution in [2.24, 2.45) is 7.05 Å². The van der Waals surface area contributed by atoms with Crippen molar-refractivity contribution in [3.8, 4) is 0 Å². The van der Waals surface area contributed by atoms with Crippen molar-refractivity contribution in [2.45, 2.75) is 25.4 Å². The predicted molar refractivity (Wildman–Crippen MR) is 90.5 cm³/mol. The Morgan fingerprint density at radius 2 is 2.14 bits per heavy atom. The zero-order chi connectivity index (χ0) is 16.1. The number of likely N-dealkylation sites (N-methyl/N-ethyl adjacent to an activating group) is 1. The molecule has 0 bridgehead atoms. The normalized spacial score (nSPS) is 13.6. The molecule has 2 N–H and O–H groups in total. The van der Waals surface area contributed by atoms with Gasteiger partial charge in [-0.15, -0.1) is 0 Å². The number of hydrogen-bond acceptors (Lipinski definition) is 3. The first-order valence-corrected chi connectivity index (χ1v) is 8.00. The number of aryl methyl sites for hydroxylation is 1. The third-order valence-corrected chi connectivity index (χ3v) is 4.26. The van der Waals surface area contributed by atoms with E-state index in [4.69, 9.17) is 0 Å².